The molecule has 0 aromatic heterocycles. The third-order valence-electron chi connectivity index (χ3n) is 4.12. The number of hydrogen-bond donors (Lipinski definition) is 0. The van der Waals surface area contributed by atoms with E-state index in [4.69, 9.17) is 4.74 Å². The number of hydrogen-bond acceptors (Lipinski definition) is 3. The summed E-state index contributed by atoms with van der Waals surface area (Å²) in [5.74, 6) is -0.788. The molecule has 0 aliphatic heterocycles. The Kier molecular flexibility index (Phi) is 5.25. The summed E-state index contributed by atoms with van der Waals surface area (Å²) in [7, 11) is 0. The molecule has 0 radical (unpaired) electrons. The molecule has 0 aliphatic rings. The van der Waals surface area contributed by atoms with Crippen molar-refractivity contribution in [2.45, 2.75) is 27.7 Å². The van der Waals surface area contributed by atoms with E-state index in [9.17, 15) is 9.59 Å². The first-order valence-corrected chi connectivity index (χ1v) is 8.37. The number of ether oxygens (including phenoxy) is 1. The lowest BCUT2D eigenvalue weighted by Crippen LogP contribution is -2.29. The molecule has 0 saturated heterocycles. The second-order valence-electron chi connectivity index (χ2n) is 6.82. The molecule has 1 atom stereocenters. The molecule has 0 N–H and O–H groups in total. The van der Waals surface area contributed by atoms with Crippen LogP contribution >= 0.6 is 15.9 Å². The highest BCUT2D eigenvalue weighted by Crippen LogP contribution is 2.26. The van der Waals surface area contributed by atoms with Gasteiger partial charge in [0.2, 0.25) is 0 Å². The van der Waals surface area contributed by atoms with E-state index in [-0.39, 0.29) is 29.7 Å². The van der Waals surface area contributed by atoms with E-state index >= 15 is 0 Å². The average molecular weight is 377 g/mol. The normalized spacial score (nSPS) is 12.9. The molecule has 122 valence electrons. The molecule has 0 amide bonds. The summed E-state index contributed by atoms with van der Waals surface area (Å²) >= 11 is 3.43. The minimum atomic E-state index is -0.337. The number of halogens is 1. The fourth-order valence-corrected chi connectivity index (χ4v) is 2.47. The van der Waals surface area contributed by atoms with Crippen LogP contribution in [-0.2, 0) is 9.53 Å². The van der Waals surface area contributed by atoms with Gasteiger partial charge in [-0.3, -0.25) is 9.59 Å². The molecule has 23 heavy (non-hydrogen) atoms. The van der Waals surface area contributed by atoms with Gasteiger partial charge in [-0.15, -0.1) is 0 Å². The van der Waals surface area contributed by atoms with Crippen LogP contribution in [0.1, 0.15) is 38.1 Å². The number of rotatable bonds is 4. The van der Waals surface area contributed by atoms with Gasteiger partial charge in [-0.2, -0.15) is 0 Å². The van der Waals surface area contributed by atoms with E-state index < -0.39 is 0 Å². The van der Waals surface area contributed by atoms with Crippen LogP contribution in [-0.4, -0.2) is 18.4 Å². The van der Waals surface area contributed by atoms with Gasteiger partial charge >= 0.3 is 5.97 Å². The Hall–Kier alpha value is -1.68. The molecule has 0 unspecified atom stereocenters. The van der Waals surface area contributed by atoms with E-state index in [1.54, 1.807) is 6.07 Å². The molecule has 0 spiro atoms. The molecular formula is C19H21BrO3. The van der Waals surface area contributed by atoms with Crippen molar-refractivity contribution in [3.05, 3.63) is 46.4 Å². The van der Waals surface area contributed by atoms with Crippen LogP contribution in [0.2, 0.25) is 0 Å². The van der Waals surface area contributed by atoms with Crippen LogP contribution in [0.25, 0.3) is 10.8 Å². The smallest absolute Gasteiger partial charge is 0.309 e. The fourth-order valence-electron chi connectivity index (χ4n) is 2.09. The van der Waals surface area contributed by atoms with Gasteiger partial charge in [-0.1, -0.05) is 61.8 Å². The number of carbonyl (C=O) groups is 2. The number of benzene rings is 2. The van der Waals surface area contributed by atoms with Crippen molar-refractivity contribution in [3.8, 4) is 0 Å². The van der Waals surface area contributed by atoms with E-state index in [2.05, 4.69) is 15.9 Å². The van der Waals surface area contributed by atoms with Crippen molar-refractivity contribution >= 4 is 38.5 Å². The average Bonchev–Trinajstić information content (AvgIpc) is 2.50. The maximum absolute atomic E-state index is 12.2. The summed E-state index contributed by atoms with van der Waals surface area (Å²) in [6, 6.07) is 11.4. The fraction of sp³-hybridized carbons (Fsp3) is 0.368. The van der Waals surface area contributed by atoms with Gasteiger partial charge < -0.3 is 4.74 Å². The Balaban J connectivity index is 2.06. The molecule has 2 rings (SSSR count). The van der Waals surface area contributed by atoms with Crippen LogP contribution in [0.3, 0.4) is 0 Å². The highest BCUT2D eigenvalue weighted by Gasteiger charge is 2.28. The van der Waals surface area contributed by atoms with E-state index in [0.29, 0.717) is 5.56 Å². The molecule has 2 aromatic rings. The second-order valence-corrected chi connectivity index (χ2v) is 7.74. The first-order valence-electron chi connectivity index (χ1n) is 7.57. The standard InChI is InChI=1S/C19H21BrO3/c1-12(19(2,3)4)18(22)23-11-17(21)15-6-5-14-10-16(20)8-7-13(14)9-15/h5-10,12H,11H2,1-4H3/t12-/m1/s1. The lowest BCUT2D eigenvalue weighted by molar-refractivity contribution is -0.150. The van der Waals surface area contributed by atoms with Crippen LogP contribution in [0.4, 0.5) is 0 Å². The summed E-state index contributed by atoms with van der Waals surface area (Å²) in [5.41, 5.74) is 0.368. The van der Waals surface area contributed by atoms with Gasteiger partial charge in [-0.25, -0.2) is 0 Å². The molecular weight excluding hydrogens is 356 g/mol. The molecule has 0 saturated carbocycles. The van der Waals surface area contributed by atoms with E-state index in [0.717, 1.165) is 15.2 Å². The zero-order chi connectivity index (χ0) is 17.2. The number of Topliss-reactive ketones (excluding diaryl/α,β-unsaturated/α-hetero) is 1. The first kappa shape index (κ1) is 17.7. The highest BCUT2D eigenvalue weighted by molar-refractivity contribution is 9.10. The van der Waals surface area contributed by atoms with Gasteiger partial charge in [0, 0.05) is 10.0 Å². The molecule has 0 aliphatic carbocycles. The topological polar surface area (TPSA) is 43.4 Å². The van der Waals surface area contributed by atoms with Crippen molar-refractivity contribution in [2.75, 3.05) is 6.61 Å². The zero-order valence-corrected chi connectivity index (χ0v) is 15.4. The van der Waals surface area contributed by atoms with Gasteiger partial charge in [0.05, 0.1) is 5.92 Å². The molecule has 0 bridgehead atoms. The van der Waals surface area contributed by atoms with Gasteiger partial charge in [-0.05, 0) is 34.4 Å². The minimum absolute atomic E-state index is 0.184. The lowest BCUT2D eigenvalue weighted by Gasteiger charge is -2.25. The van der Waals surface area contributed by atoms with Crippen molar-refractivity contribution < 1.29 is 14.3 Å². The second kappa shape index (κ2) is 6.83. The Morgan fingerprint density at radius 2 is 1.70 bits per heavy atom. The Bertz CT molecular complexity index is 744. The first-order chi connectivity index (χ1) is 10.7. The summed E-state index contributed by atoms with van der Waals surface area (Å²) in [4.78, 5) is 24.2. The van der Waals surface area contributed by atoms with Crippen molar-refractivity contribution in [1.29, 1.82) is 0 Å². The number of carbonyl (C=O) groups excluding carboxylic acids is 2. The molecule has 3 nitrogen and oxygen atoms in total. The quantitative estimate of drug-likeness (QED) is 0.556. The van der Waals surface area contributed by atoms with Crippen LogP contribution in [0, 0.1) is 11.3 Å². The van der Waals surface area contributed by atoms with E-state index in [1.165, 1.54) is 0 Å². The zero-order valence-electron chi connectivity index (χ0n) is 13.9. The van der Waals surface area contributed by atoms with Crippen LogP contribution < -0.4 is 0 Å². The highest BCUT2D eigenvalue weighted by atomic mass is 79.9. The summed E-state index contributed by atoms with van der Waals surface area (Å²) in [5, 5.41) is 2.03. The molecule has 0 fully saturated rings. The molecule has 2 aromatic carbocycles. The number of esters is 1. The monoisotopic (exact) mass is 376 g/mol. The Morgan fingerprint density at radius 3 is 2.35 bits per heavy atom. The minimum Gasteiger partial charge on any atom is -0.457 e. The maximum Gasteiger partial charge on any atom is 0.309 e. The largest absolute Gasteiger partial charge is 0.457 e. The predicted molar refractivity (Wildman–Crippen MR) is 95.6 cm³/mol. The molecule has 0 heterocycles. The van der Waals surface area contributed by atoms with Crippen molar-refractivity contribution in [1.82, 2.24) is 0 Å². The van der Waals surface area contributed by atoms with Gasteiger partial charge in [0.25, 0.3) is 0 Å². The van der Waals surface area contributed by atoms with Crippen LogP contribution in [0.15, 0.2) is 40.9 Å². The third kappa shape index (κ3) is 4.41. The Morgan fingerprint density at radius 1 is 1.09 bits per heavy atom. The third-order valence-corrected chi connectivity index (χ3v) is 4.62. The van der Waals surface area contributed by atoms with Crippen molar-refractivity contribution in [2.24, 2.45) is 11.3 Å². The molecule has 4 heteroatoms. The van der Waals surface area contributed by atoms with Gasteiger partial charge in [0.15, 0.2) is 12.4 Å². The summed E-state index contributed by atoms with van der Waals surface area (Å²) in [6.45, 7) is 7.52. The van der Waals surface area contributed by atoms with Crippen LogP contribution in [0.5, 0.6) is 0 Å². The SMILES string of the molecule is C[C@H](C(=O)OCC(=O)c1ccc2cc(Br)ccc2c1)C(C)(C)C. The van der Waals surface area contributed by atoms with Gasteiger partial charge in [0.1, 0.15) is 0 Å². The maximum atomic E-state index is 12.2. The summed E-state index contributed by atoms with van der Waals surface area (Å²) in [6.07, 6.45) is 0. The lowest BCUT2D eigenvalue weighted by atomic mass is 9.82. The van der Waals surface area contributed by atoms with E-state index in [1.807, 2.05) is 58.0 Å². The number of ketones is 1. The predicted octanol–water partition coefficient (Wildman–Crippen LogP) is 5.01. The van der Waals surface area contributed by atoms with Crippen molar-refractivity contribution in [3.63, 3.8) is 0 Å². The number of fused-ring (bicyclic) bond motifs is 1. The summed E-state index contributed by atoms with van der Waals surface area (Å²) < 4.78 is 6.18. The Labute approximate surface area is 145 Å².